The molecule has 1 saturated heterocycles. The lowest BCUT2D eigenvalue weighted by molar-refractivity contribution is -0.122. The molecule has 2 aromatic carbocycles. The smallest absolute Gasteiger partial charge is 0.308 e. The first kappa shape index (κ1) is 23.8. The molecule has 2 aliphatic rings. The average molecular weight is 552 g/mol. The summed E-state index contributed by atoms with van der Waals surface area (Å²) in [7, 11) is 0. The molecule has 4 heterocycles. The second-order valence-corrected chi connectivity index (χ2v) is 11.7. The number of halogens is 1. The zero-order valence-electron chi connectivity index (χ0n) is 19.0. The molecular formula is C26H18FN3O4S3. The second-order valence-electron chi connectivity index (χ2n) is 8.58. The van der Waals surface area contributed by atoms with Gasteiger partial charge in [0.05, 0.1) is 16.6 Å². The van der Waals surface area contributed by atoms with Crippen LogP contribution < -0.4 is 15.1 Å². The lowest BCUT2D eigenvalue weighted by atomic mass is 9.87. The van der Waals surface area contributed by atoms with Crippen LogP contribution >= 0.6 is 34.4 Å². The maximum Gasteiger partial charge on any atom is 0.308 e. The number of carbonyl (C=O) groups is 3. The van der Waals surface area contributed by atoms with Gasteiger partial charge in [-0.15, -0.1) is 11.3 Å². The molecule has 0 radical (unpaired) electrons. The van der Waals surface area contributed by atoms with Crippen LogP contribution in [0.4, 0.5) is 15.8 Å². The molecule has 6 rings (SSSR count). The van der Waals surface area contributed by atoms with Gasteiger partial charge in [-0.05, 0) is 47.8 Å². The molecule has 2 aliphatic heterocycles. The van der Waals surface area contributed by atoms with Crippen LogP contribution in [0.2, 0.25) is 0 Å². The number of aromatic nitrogens is 1. The van der Waals surface area contributed by atoms with E-state index in [0.29, 0.717) is 21.3 Å². The van der Waals surface area contributed by atoms with Crippen LogP contribution in [0.15, 0.2) is 81.9 Å². The molecule has 0 saturated carbocycles. The number of nitrogens with one attached hydrogen (secondary N) is 1. The number of amides is 3. The van der Waals surface area contributed by atoms with Crippen molar-refractivity contribution in [1.29, 1.82) is 0 Å². The van der Waals surface area contributed by atoms with Crippen LogP contribution in [-0.4, -0.2) is 27.5 Å². The lowest BCUT2D eigenvalue weighted by Gasteiger charge is -2.29. The number of hydrogen-bond donors (Lipinski definition) is 1. The van der Waals surface area contributed by atoms with E-state index in [0.717, 1.165) is 32.9 Å². The highest BCUT2D eigenvalue weighted by molar-refractivity contribution is 8.00. The van der Waals surface area contributed by atoms with Crippen molar-refractivity contribution in [2.24, 2.45) is 5.92 Å². The largest absolute Gasteiger partial charge is 0.325 e. The Labute approximate surface area is 222 Å². The van der Waals surface area contributed by atoms with Crippen molar-refractivity contribution in [1.82, 2.24) is 4.57 Å². The van der Waals surface area contributed by atoms with Gasteiger partial charge in [0.25, 0.3) is 0 Å². The van der Waals surface area contributed by atoms with Crippen LogP contribution in [0.3, 0.4) is 0 Å². The molecule has 0 spiro atoms. The summed E-state index contributed by atoms with van der Waals surface area (Å²) < 4.78 is 14.9. The molecule has 186 valence electrons. The topological polar surface area (TPSA) is 88.5 Å². The molecule has 1 fully saturated rings. The summed E-state index contributed by atoms with van der Waals surface area (Å²) in [5, 5.41) is 4.42. The van der Waals surface area contributed by atoms with Crippen molar-refractivity contribution in [3.05, 3.63) is 97.3 Å². The van der Waals surface area contributed by atoms with E-state index in [9.17, 15) is 23.6 Å². The van der Waals surface area contributed by atoms with Crippen LogP contribution in [-0.2, 0) is 20.9 Å². The molecule has 0 unspecified atom stereocenters. The molecule has 0 aliphatic carbocycles. The molecule has 7 nitrogen and oxygen atoms in total. The Bertz CT molecular complexity index is 1560. The number of anilines is 2. The molecular weight excluding hydrogens is 534 g/mol. The second kappa shape index (κ2) is 9.40. The fourth-order valence-electron chi connectivity index (χ4n) is 4.74. The van der Waals surface area contributed by atoms with Crippen molar-refractivity contribution < 1.29 is 18.8 Å². The number of fused-ring (bicyclic) bond motifs is 2. The number of thiazole rings is 1. The number of hydrogen-bond acceptors (Lipinski definition) is 7. The highest BCUT2D eigenvalue weighted by atomic mass is 32.2. The first-order valence-corrected chi connectivity index (χ1v) is 13.9. The summed E-state index contributed by atoms with van der Waals surface area (Å²) >= 11 is 3.60. The standard InChI is InChI=1S/C26H18FN3O4S3/c27-14-8-10-16(11-9-14)30-23(32)20-19(17-7-4-12-35-17)22-25(36-21(20)24(30)33)29(26(34)37-22)13-18(31)28-15-5-2-1-3-6-15/h1-12,19-21H,13H2,(H,28,31)/t19-,20-,21+/m0/s1. The summed E-state index contributed by atoms with van der Waals surface area (Å²) in [6.07, 6.45) is 0. The Kier molecular flexibility index (Phi) is 6.06. The summed E-state index contributed by atoms with van der Waals surface area (Å²) in [6.45, 7) is -0.217. The van der Waals surface area contributed by atoms with E-state index in [-0.39, 0.29) is 23.2 Å². The Morgan fingerprint density at radius 3 is 2.41 bits per heavy atom. The van der Waals surface area contributed by atoms with Gasteiger partial charge in [0.15, 0.2) is 0 Å². The monoisotopic (exact) mass is 551 g/mol. The Morgan fingerprint density at radius 2 is 1.70 bits per heavy atom. The zero-order valence-corrected chi connectivity index (χ0v) is 21.4. The fourth-order valence-corrected chi connectivity index (χ4v) is 8.46. The number of thioether (sulfide) groups is 1. The van der Waals surface area contributed by atoms with E-state index in [1.807, 2.05) is 23.6 Å². The summed E-state index contributed by atoms with van der Waals surface area (Å²) in [6, 6.07) is 17.9. The molecule has 0 bridgehead atoms. The van der Waals surface area contributed by atoms with E-state index < -0.39 is 28.8 Å². The first-order chi connectivity index (χ1) is 17.9. The summed E-state index contributed by atoms with van der Waals surface area (Å²) in [5.74, 6) is -2.86. The number of benzene rings is 2. The van der Waals surface area contributed by atoms with Gasteiger partial charge in [0.1, 0.15) is 17.6 Å². The minimum atomic E-state index is -0.783. The molecule has 1 N–H and O–H groups in total. The molecule has 2 aromatic heterocycles. The maximum absolute atomic E-state index is 13.7. The third-order valence-corrected chi connectivity index (χ3v) is 9.90. The van der Waals surface area contributed by atoms with Crippen LogP contribution in [0, 0.1) is 11.7 Å². The normalized spacial score (nSPS) is 20.6. The van der Waals surface area contributed by atoms with E-state index in [1.165, 1.54) is 40.2 Å². The van der Waals surface area contributed by atoms with Gasteiger partial charge in [-0.1, -0.05) is 47.4 Å². The van der Waals surface area contributed by atoms with E-state index in [2.05, 4.69) is 5.32 Å². The predicted octanol–water partition coefficient (Wildman–Crippen LogP) is 4.54. The zero-order chi connectivity index (χ0) is 25.7. The number of carbonyl (C=O) groups excluding carboxylic acids is 3. The van der Waals surface area contributed by atoms with Gasteiger partial charge in [0, 0.05) is 21.4 Å². The molecule has 37 heavy (non-hydrogen) atoms. The van der Waals surface area contributed by atoms with Crippen LogP contribution in [0.25, 0.3) is 0 Å². The minimum Gasteiger partial charge on any atom is -0.325 e. The van der Waals surface area contributed by atoms with Gasteiger partial charge in [-0.3, -0.25) is 23.7 Å². The van der Waals surface area contributed by atoms with Crippen LogP contribution in [0.5, 0.6) is 0 Å². The van der Waals surface area contributed by atoms with Crippen LogP contribution in [0.1, 0.15) is 15.7 Å². The highest BCUT2D eigenvalue weighted by Crippen LogP contribution is 2.54. The molecule has 4 aromatic rings. The third-order valence-electron chi connectivity index (χ3n) is 6.34. The Morgan fingerprint density at radius 1 is 0.946 bits per heavy atom. The first-order valence-electron chi connectivity index (χ1n) is 11.3. The van der Waals surface area contributed by atoms with Crippen molar-refractivity contribution in [2.45, 2.75) is 22.7 Å². The number of nitrogens with zero attached hydrogens (tertiary/aromatic N) is 2. The minimum absolute atomic E-state index is 0.217. The quantitative estimate of drug-likeness (QED) is 0.368. The summed E-state index contributed by atoms with van der Waals surface area (Å²) in [4.78, 5) is 55.5. The number of para-hydroxylation sites is 1. The van der Waals surface area contributed by atoms with Gasteiger partial charge >= 0.3 is 4.87 Å². The van der Waals surface area contributed by atoms with Crippen molar-refractivity contribution in [3.8, 4) is 0 Å². The Hall–Kier alpha value is -3.54. The van der Waals surface area contributed by atoms with E-state index >= 15 is 0 Å². The molecule has 3 atom stereocenters. The Balaban J connectivity index is 1.39. The van der Waals surface area contributed by atoms with Crippen molar-refractivity contribution >= 4 is 63.5 Å². The van der Waals surface area contributed by atoms with E-state index in [4.69, 9.17) is 0 Å². The highest BCUT2D eigenvalue weighted by Gasteiger charge is 2.57. The number of rotatable bonds is 5. The van der Waals surface area contributed by atoms with Gasteiger partial charge < -0.3 is 5.32 Å². The third kappa shape index (κ3) is 4.12. The molecule has 11 heteroatoms. The van der Waals surface area contributed by atoms with E-state index in [1.54, 1.807) is 24.3 Å². The maximum atomic E-state index is 13.7. The SMILES string of the molecule is O=C(Cn1c2c(sc1=O)[C@@H](c1cccs1)[C@@H]1C(=O)N(c3ccc(F)cc3)C(=O)[C@@H]1S2)Nc1ccccc1. The summed E-state index contributed by atoms with van der Waals surface area (Å²) in [5.41, 5.74) is 0.916. The number of imide groups is 1. The van der Waals surface area contributed by atoms with Gasteiger partial charge in [-0.2, -0.15) is 0 Å². The fraction of sp³-hybridized carbons (Fsp3) is 0.154. The van der Waals surface area contributed by atoms with Gasteiger partial charge in [-0.25, -0.2) is 9.29 Å². The predicted molar refractivity (Wildman–Crippen MR) is 142 cm³/mol. The molecule has 3 amide bonds. The lowest BCUT2D eigenvalue weighted by Crippen LogP contribution is -2.32. The number of thiophene rings is 1. The average Bonchev–Trinajstić information content (AvgIpc) is 3.58. The van der Waals surface area contributed by atoms with Crippen molar-refractivity contribution in [3.63, 3.8) is 0 Å². The van der Waals surface area contributed by atoms with Crippen molar-refractivity contribution in [2.75, 3.05) is 10.2 Å². The van der Waals surface area contributed by atoms with Gasteiger partial charge in [0.2, 0.25) is 17.7 Å².